The number of phenols is 3. The lowest BCUT2D eigenvalue weighted by molar-refractivity contribution is -0.136. The van der Waals surface area contributed by atoms with E-state index in [2.05, 4.69) is 0 Å². The molecule has 1 aromatic rings. The molecule has 9 N–H and O–H groups in total. The summed E-state index contributed by atoms with van der Waals surface area (Å²) in [6, 6.07) is 1.69. The summed E-state index contributed by atoms with van der Waals surface area (Å²) in [7, 11) is 0. The summed E-state index contributed by atoms with van der Waals surface area (Å²) in [6.45, 7) is -0.760. The van der Waals surface area contributed by atoms with E-state index in [0.717, 1.165) is 12.1 Å². The van der Waals surface area contributed by atoms with Crippen molar-refractivity contribution in [3.05, 3.63) is 17.7 Å². The zero-order chi connectivity index (χ0) is 19.0. The van der Waals surface area contributed by atoms with E-state index in [-0.39, 0.29) is 11.8 Å². The average Bonchev–Trinajstić information content (AvgIpc) is 2.56. The molecule has 1 aromatic carbocycles. The Hall–Kier alpha value is -2.44. The van der Waals surface area contributed by atoms with Crippen molar-refractivity contribution in [3.63, 3.8) is 0 Å². The maximum absolute atomic E-state index is 10.3. The third-order valence-electron chi connectivity index (χ3n) is 2.74. The smallest absolute Gasteiger partial charge is 0.335 e. The van der Waals surface area contributed by atoms with Crippen LogP contribution in [0, 0.1) is 0 Å². The molecule has 0 aliphatic rings. The molecule has 11 heteroatoms. The lowest BCUT2D eigenvalue weighted by Gasteiger charge is -2.22. The van der Waals surface area contributed by atoms with E-state index in [0.29, 0.717) is 0 Å². The van der Waals surface area contributed by atoms with E-state index in [4.69, 9.17) is 46.0 Å². The molecule has 0 aromatic heterocycles. The fourth-order valence-corrected chi connectivity index (χ4v) is 1.35. The van der Waals surface area contributed by atoms with Gasteiger partial charge in [-0.15, -0.1) is 0 Å². The van der Waals surface area contributed by atoms with Crippen LogP contribution in [-0.2, 0) is 4.79 Å². The Balaban J connectivity index is 0.000000441. The Labute approximate surface area is 134 Å². The largest absolute Gasteiger partial charge is 0.504 e. The van der Waals surface area contributed by atoms with Crippen molar-refractivity contribution in [2.45, 2.75) is 24.4 Å². The minimum Gasteiger partial charge on any atom is -0.504 e. The molecule has 0 aliphatic heterocycles. The van der Waals surface area contributed by atoms with E-state index in [1.54, 1.807) is 0 Å². The van der Waals surface area contributed by atoms with E-state index < -0.39 is 54.2 Å². The Bertz CT molecular complexity index is 536. The molecule has 0 unspecified atom stereocenters. The van der Waals surface area contributed by atoms with Gasteiger partial charge in [0.1, 0.15) is 24.4 Å². The predicted octanol–water partition coefficient (Wildman–Crippen LogP) is -2.88. The summed E-state index contributed by atoms with van der Waals surface area (Å²) in [5.41, 5.74) is -0.289. The van der Waals surface area contributed by atoms with Crippen molar-refractivity contribution in [1.29, 1.82) is 0 Å². The first-order valence-electron chi connectivity index (χ1n) is 6.33. The molecule has 11 nitrogen and oxygen atoms in total. The van der Waals surface area contributed by atoms with Crippen LogP contribution in [-0.4, -0.2) is 89.2 Å². The number of hydrogen-bond donors (Lipinski definition) is 9. The van der Waals surface area contributed by atoms with Crippen LogP contribution in [0.1, 0.15) is 10.4 Å². The van der Waals surface area contributed by atoms with Gasteiger partial charge in [-0.1, -0.05) is 0 Å². The molecule has 0 saturated carbocycles. The van der Waals surface area contributed by atoms with Gasteiger partial charge in [-0.25, -0.2) is 4.79 Å². The quantitative estimate of drug-likeness (QED) is 0.187. The third-order valence-corrected chi connectivity index (χ3v) is 2.74. The first-order valence-corrected chi connectivity index (χ1v) is 6.33. The average molecular weight is 350 g/mol. The van der Waals surface area contributed by atoms with Gasteiger partial charge in [0.25, 0.3) is 0 Å². The summed E-state index contributed by atoms with van der Waals surface area (Å²) >= 11 is 0. The van der Waals surface area contributed by atoms with Gasteiger partial charge in [-0.05, 0) is 12.1 Å². The van der Waals surface area contributed by atoms with Crippen molar-refractivity contribution < 1.29 is 55.5 Å². The van der Waals surface area contributed by atoms with Crippen LogP contribution in [0.25, 0.3) is 0 Å². The van der Waals surface area contributed by atoms with Gasteiger partial charge in [0, 0.05) is 0 Å². The van der Waals surface area contributed by atoms with Gasteiger partial charge < -0.3 is 50.8 Å². The van der Waals surface area contributed by atoms with E-state index in [9.17, 15) is 9.59 Å². The standard InChI is InChI=1S/C7H6O5.C6H12O6/c8-4-1-3(7(11)12)2-5(9)6(4)10;7-1-3(9)5(11)6(12)4(10)2-8/h1-2,8-10H,(H,11,12);1,3-6,8-12H,2H2/t;3-,4+,5+,6-/m.0/s1. The molecule has 0 heterocycles. The highest BCUT2D eigenvalue weighted by Crippen LogP contribution is 2.35. The maximum atomic E-state index is 10.3. The van der Waals surface area contributed by atoms with Crippen molar-refractivity contribution in [1.82, 2.24) is 0 Å². The first-order chi connectivity index (χ1) is 11.1. The van der Waals surface area contributed by atoms with Crippen LogP contribution >= 0.6 is 0 Å². The van der Waals surface area contributed by atoms with Gasteiger partial charge in [-0.2, -0.15) is 0 Å². The lowest BCUT2D eigenvalue weighted by atomic mass is 10.0. The Morgan fingerprint density at radius 3 is 1.79 bits per heavy atom. The molecule has 0 aliphatic carbocycles. The van der Waals surface area contributed by atoms with Gasteiger partial charge in [0.15, 0.2) is 23.5 Å². The topological polar surface area (TPSA) is 216 Å². The Kier molecular flexibility index (Phi) is 8.66. The van der Waals surface area contributed by atoms with E-state index in [1.807, 2.05) is 0 Å². The Morgan fingerprint density at radius 2 is 1.46 bits per heavy atom. The van der Waals surface area contributed by atoms with Gasteiger partial charge in [0.2, 0.25) is 0 Å². The Morgan fingerprint density at radius 1 is 1.00 bits per heavy atom. The second kappa shape index (κ2) is 9.64. The van der Waals surface area contributed by atoms with Gasteiger partial charge in [0.05, 0.1) is 12.2 Å². The highest BCUT2D eigenvalue weighted by Gasteiger charge is 2.29. The molecule has 0 spiro atoms. The molecule has 0 fully saturated rings. The number of aromatic hydroxyl groups is 3. The molecule has 0 radical (unpaired) electrons. The number of aldehydes is 1. The molecule has 1 rings (SSSR count). The fraction of sp³-hybridized carbons (Fsp3) is 0.385. The normalized spacial score (nSPS) is 15.4. The van der Waals surface area contributed by atoms with Crippen LogP contribution in [0.5, 0.6) is 17.2 Å². The number of carboxylic acids is 1. The van der Waals surface area contributed by atoms with Crippen LogP contribution in [0.2, 0.25) is 0 Å². The van der Waals surface area contributed by atoms with E-state index in [1.165, 1.54) is 0 Å². The van der Waals surface area contributed by atoms with Crippen LogP contribution in [0.15, 0.2) is 12.1 Å². The van der Waals surface area contributed by atoms with Crippen molar-refractivity contribution in [2.24, 2.45) is 0 Å². The number of carboxylic acid groups (broad SMARTS) is 1. The number of phenolic OH excluding ortho intramolecular Hbond substituents is 3. The van der Waals surface area contributed by atoms with Crippen LogP contribution < -0.4 is 0 Å². The fourth-order valence-electron chi connectivity index (χ4n) is 1.35. The van der Waals surface area contributed by atoms with E-state index >= 15 is 0 Å². The van der Waals surface area contributed by atoms with Crippen molar-refractivity contribution >= 4 is 12.3 Å². The minimum absolute atomic E-state index is 0.0258. The molecule has 0 amide bonds. The number of aliphatic hydroxyl groups is 5. The monoisotopic (exact) mass is 350 g/mol. The predicted molar refractivity (Wildman–Crippen MR) is 75.6 cm³/mol. The second-order valence-electron chi connectivity index (χ2n) is 4.53. The molecular formula is C13H18O11. The minimum atomic E-state index is -1.79. The summed E-state index contributed by atoms with van der Waals surface area (Å²) in [4.78, 5) is 20.2. The molecule has 0 bridgehead atoms. The number of rotatable bonds is 6. The highest BCUT2D eigenvalue weighted by molar-refractivity contribution is 5.89. The summed E-state index contributed by atoms with van der Waals surface area (Å²) in [5, 5.41) is 78.5. The summed E-state index contributed by atoms with van der Waals surface area (Å²) in [6.07, 6.45) is -6.84. The number of hydrogen-bond acceptors (Lipinski definition) is 10. The van der Waals surface area contributed by atoms with Crippen LogP contribution in [0.3, 0.4) is 0 Å². The number of carbonyl (C=O) groups is 2. The molecule has 136 valence electrons. The third kappa shape index (κ3) is 5.98. The number of aromatic carboxylic acids is 1. The zero-order valence-electron chi connectivity index (χ0n) is 12.1. The number of carbonyl (C=O) groups excluding carboxylic acids is 1. The van der Waals surface area contributed by atoms with Crippen molar-refractivity contribution in [3.8, 4) is 17.2 Å². The van der Waals surface area contributed by atoms with Crippen molar-refractivity contribution in [2.75, 3.05) is 6.61 Å². The second-order valence-corrected chi connectivity index (χ2v) is 4.53. The first kappa shape index (κ1) is 21.6. The summed E-state index contributed by atoms with van der Waals surface area (Å²) in [5.74, 6) is -3.33. The zero-order valence-corrected chi connectivity index (χ0v) is 12.1. The molecule has 24 heavy (non-hydrogen) atoms. The van der Waals surface area contributed by atoms with Gasteiger partial charge in [-0.3, -0.25) is 0 Å². The molecular weight excluding hydrogens is 332 g/mol. The lowest BCUT2D eigenvalue weighted by Crippen LogP contribution is -2.46. The number of aliphatic hydroxyl groups excluding tert-OH is 5. The SMILES string of the molecule is O=C(O)c1cc(O)c(O)c(O)c1.O=C[C@H](O)[C@@H](O)[C@@H](O)[C@H](O)CO. The van der Waals surface area contributed by atoms with Crippen LogP contribution in [0.4, 0.5) is 0 Å². The maximum Gasteiger partial charge on any atom is 0.335 e. The molecule has 0 saturated heterocycles. The summed E-state index contributed by atoms with van der Waals surface area (Å²) < 4.78 is 0. The highest BCUT2D eigenvalue weighted by atomic mass is 16.4. The molecule has 4 atom stereocenters. The number of benzene rings is 1. The van der Waals surface area contributed by atoms with Gasteiger partial charge >= 0.3 is 5.97 Å².